The maximum atomic E-state index is 14.0. The number of alkyl halides is 12. The first-order valence-corrected chi connectivity index (χ1v) is 23.4. The van der Waals surface area contributed by atoms with Crippen molar-refractivity contribution in [3.05, 3.63) is 222 Å². The summed E-state index contributed by atoms with van der Waals surface area (Å²) in [5.74, 6) is 0. The lowest BCUT2D eigenvalue weighted by molar-refractivity contribution is -0.138. The standard InChI is InChI=1S/C60H34F12N4/c1-2-34-7-24-52-46(29-34)45-5-3-4-6-51(45)74(52)42-18-12-39(13-19-42)73(40-14-20-43(21-15-40)75-53-25-8-35(57(61,62)63)30-47(53)48-31-36(58(64,65)66)9-26-54(48)75)41-16-22-44(23-17-41)76-55-27-10-37(59(67,68)69)32-49(55)50-33-38(60(70,71)72)11-28-56(50)76/h2-33H,1H2. The van der Waals surface area contributed by atoms with Gasteiger partial charge in [-0.15, -0.1) is 0 Å². The Bertz CT molecular complexity index is 3950. The zero-order valence-corrected chi connectivity index (χ0v) is 39.0. The van der Waals surface area contributed by atoms with Gasteiger partial charge in [-0.2, -0.15) is 52.7 Å². The van der Waals surface area contributed by atoms with Crippen molar-refractivity contribution in [1.82, 2.24) is 13.7 Å². The molecule has 4 nitrogen and oxygen atoms in total. The summed E-state index contributed by atoms with van der Waals surface area (Å²) in [6, 6.07) is 47.3. The third kappa shape index (κ3) is 7.97. The average molecular weight is 1040 g/mol. The van der Waals surface area contributed by atoms with Gasteiger partial charge in [0.25, 0.3) is 0 Å². The lowest BCUT2D eigenvalue weighted by Crippen LogP contribution is -2.10. The van der Waals surface area contributed by atoms with Gasteiger partial charge in [0.1, 0.15) is 0 Å². The monoisotopic (exact) mass is 1040 g/mol. The summed E-state index contributed by atoms with van der Waals surface area (Å²) in [5.41, 5.74) is 3.15. The van der Waals surface area contributed by atoms with Gasteiger partial charge in [-0.05, 0) is 169 Å². The number of halogens is 12. The van der Waals surface area contributed by atoms with Crippen LogP contribution in [0.4, 0.5) is 69.7 Å². The van der Waals surface area contributed by atoms with E-state index in [0.717, 1.165) is 81.6 Å². The minimum atomic E-state index is -4.77. The highest BCUT2D eigenvalue weighted by atomic mass is 19.4. The van der Waals surface area contributed by atoms with Gasteiger partial charge in [0.05, 0.1) is 55.4 Å². The number of fused-ring (bicyclic) bond motifs is 9. The number of para-hydroxylation sites is 1. The number of anilines is 3. The molecular weight excluding hydrogens is 1000 g/mol. The van der Waals surface area contributed by atoms with Gasteiger partial charge in [-0.25, -0.2) is 0 Å². The molecule has 0 unspecified atom stereocenters. The first kappa shape index (κ1) is 48.0. The van der Waals surface area contributed by atoms with Crippen molar-refractivity contribution in [3.8, 4) is 17.1 Å². The van der Waals surface area contributed by atoms with Gasteiger partial charge >= 0.3 is 24.7 Å². The topological polar surface area (TPSA) is 18.0 Å². The Kier molecular flexibility index (Phi) is 10.8. The average Bonchev–Trinajstić information content (AvgIpc) is 4.03. The van der Waals surface area contributed by atoms with Gasteiger partial charge in [-0.3, -0.25) is 0 Å². The van der Waals surface area contributed by atoms with Gasteiger partial charge < -0.3 is 18.6 Å². The van der Waals surface area contributed by atoms with Crippen molar-refractivity contribution in [3.63, 3.8) is 0 Å². The Morgan fingerprint density at radius 3 is 0.882 bits per heavy atom. The van der Waals surface area contributed by atoms with E-state index in [1.54, 1.807) is 63.7 Å². The van der Waals surface area contributed by atoms with Crippen molar-refractivity contribution in [2.45, 2.75) is 24.7 Å². The van der Waals surface area contributed by atoms with Crippen molar-refractivity contribution >= 4 is 88.6 Å². The van der Waals surface area contributed by atoms with Crippen LogP contribution in [0.5, 0.6) is 0 Å². The van der Waals surface area contributed by atoms with E-state index in [4.69, 9.17) is 0 Å². The largest absolute Gasteiger partial charge is 0.416 e. The summed E-state index contributed by atoms with van der Waals surface area (Å²) >= 11 is 0. The van der Waals surface area contributed by atoms with Gasteiger partial charge in [-0.1, -0.05) is 36.9 Å². The Balaban J connectivity index is 1.01. The molecule has 0 atom stereocenters. The van der Waals surface area contributed by atoms with E-state index in [9.17, 15) is 52.7 Å². The molecule has 16 heteroatoms. The molecule has 9 aromatic carbocycles. The van der Waals surface area contributed by atoms with Crippen LogP contribution >= 0.6 is 0 Å². The minimum absolute atomic E-state index is 0.0314. The molecule has 0 aliphatic rings. The lowest BCUT2D eigenvalue weighted by Gasteiger charge is -2.26. The molecule has 0 spiro atoms. The number of hydrogen-bond donors (Lipinski definition) is 0. The summed E-state index contributed by atoms with van der Waals surface area (Å²) in [5, 5.41) is 1.93. The normalized spacial score (nSPS) is 12.8. The van der Waals surface area contributed by atoms with E-state index in [1.807, 2.05) is 65.6 Å². The summed E-state index contributed by atoms with van der Waals surface area (Å²) in [6.45, 7) is 3.93. The summed E-state index contributed by atoms with van der Waals surface area (Å²) in [4.78, 5) is 1.90. The molecule has 0 N–H and O–H groups in total. The summed E-state index contributed by atoms with van der Waals surface area (Å²) < 4.78 is 173. The molecule has 0 radical (unpaired) electrons. The van der Waals surface area contributed by atoms with Crippen LogP contribution in [-0.2, 0) is 24.7 Å². The van der Waals surface area contributed by atoms with Crippen LogP contribution in [0.3, 0.4) is 0 Å². The second-order valence-corrected chi connectivity index (χ2v) is 18.3. The van der Waals surface area contributed by atoms with Crippen molar-refractivity contribution in [2.75, 3.05) is 4.90 Å². The first-order chi connectivity index (χ1) is 36.2. The summed E-state index contributed by atoms with van der Waals surface area (Å²) in [7, 11) is 0. The molecule has 0 fully saturated rings. The molecule has 76 heavy (non-hydrogen) atoms. The van der Waals surface area contributed by atoms with Crippen LogP contribution in [0.2, 0.25) is 0 Å². The molecule has 0 bridgehead atoms. The van der Waals surface area contributed by atoms with E-state index in [0.29, 0.717) is 28.4 Å². The Morgan fingerprint density at radius 1 is 0.303 bits per heavy atom. The van der Waals surface area contributed by atoms with Crippen molar-refractivity contribution < 1.29 is 52.7 Å². The highest BCUT2D eigenvalue weighted by Gasteiger charge is 2.35. The number of hydrogen-bond acceptors (Lipinski definition) is 1. The fourth-order valence-electron chi connectivity index (χ4n) is 10.4. The van der Waals surface area contributed by atoms with E-state index in [1.165, 1.54) is 24.3 Å². The zero-order chi connectivity index (χ0) is 53.2. The van der Waals surface area contributed by atoms with Crippen LogP contribution in [0.25, 0.3) is 88.6 Å². The third-order valence-electron chi connectivity index (χ3n) is 13.9. The van der Waals surface area contributed by atoms with Crippen molar-refractivity contribution in [1.29, 1.82) is 0 Å². The van der Waals surface area contributed by atoms with Crippen LogP contribution in [0, 0.1) is 0 Å². The molecule has 0 aliphatic carbocycles. The van der Waals surface area contributed by atoms with Crippen LogP contribution in [0.1, 0.15) is 27.8 Å². The molecule has 0 amide bonds. The molecule has 12 aromatic rings. The quantitative estimate of drug-likeness (QED) is 0.146. The molecule has 0 aliphatic heterocycles. The molecule has 3 heterocycles. The number of nitrogens with zero attached hydrogens (tertiary/aromatic N) is 4. The molecule has 0 saturated carbocycles. The summed E-state index contributed by atoms with van der Waals surface area (Å²) in [6.07, 6.45) is -17.3. The predicted molar refractivity (Wildman–Crippen MR) is 274 cm³/mol. The number of benzene rings is 9. The van der Waals surface area contributed by atoms with Gasteiger partial charge in [0, 0.05) is 66.4 Å². The van der Waals surface area contributed by atoms with E-state index < -0.39 is 47.0 Å². The lowest BCUT2D eigenvalue weighted by atomic mass is 10.1. The predicted octanol–water partition coefficient (Wildman–Crippen LogP) is 19.2. The molecule has 0 saturated heterocycles. The molecule has 378 valence electrons. The maximum Gasteiger partial charge on any atom is 0.416 e. The first-order valence-electron chi connectivity index (χ1n) is 23.4. The number of rotatable bonds is 7. The minimum Gasteiger partial charge on any atom is -0.310 e. The second kappa shape index (κ2) is 17.1. The van der Waals surface area contributed by atoms with Crippen LogP contribution in [0.15, 0.2) is 195 Å². The smallest absolute Gasteiger partial charge is 0.310 e. The number of aromatic nitrogens is 3. The molecule has 12 rings (SSSR count). The van der Waals surface area contributed by atoms with E-state index >= 15 is 0 Å². The molecule has 3 aromatic heterocycles. The van der Waals surface area contributed by atoms with Gasteiger partial charge in [0.15, 0.2) is 0 Å². The fourth-order valence-corrected chi connectivity index (χ4v) is 10.4. The van der Waals surface area contributed by atoms with Gasteiger partial charge in [0.2, 0.25) is 0 Å². The second-order valence-electron chi connectivity index (χ2n) is 18.3. The Morgan fingerprint density at radius 2 is 0.579 bits per heavy atom. The SMILES string of the molecule is C=Cc1ccc2c(c1)c1ccccc1n2-c1ccc(N(c2ccc(-n3c4ccc(C(F)(F)F)cc4c4cc(C(F)(F)F)ccc43)cc2)c2ccc(-n3c4ccc(C(F)(F)F)cc4c4cc(C(F)(F)F)ccc43)cc2)cc1. The fraction of sp³-hybridized carbons (Fsp3) is 0.0667. The highest BCUT2D eigenvalue weighted by Crippen LogP contribution is 2.44. The molecular formula is C60H34F12N4. The Labute approximate surface area is 422 Å². The van der Waals surface area contributed by atoms with E-state index in [2.05, 4.69) is 17.2 Å². The van der Waals surface area contributed by atoms with E-state index in [-0.39, 0.29) is 43.6 Å². The van der Waals surface area contributed by atoms with Crippen molar-refractivity contribution in [2.24, 2.45) is 0 Å². The van der Waals surface area contributed by atoms with Crippen LogP contribution in [-0.4, -0.2) is 13.7 Å². The zero-order valence-electron chi connectivity index (χ0n) is 39.0. The Hall–Kier alpha value is -8.92. The van der Waals surface area contributed by atoms with Crippen LogP contribution < -0.4 is 4.90 Å². The maximum absolute atomic E-state index is 14.0. The third-order valence-corrected chi connectivity index (χ3v) is 13.9. The highest BCUT2D eigenvalue weighted by molar-refractivity contribution is 6.12.